The lowest BCUT2D eigenvalue weighted by atomic mass is 10.1. The van der Waals surface area contributed by atoms with Gasteiger partial charge in [0.2, 0.25) is 11.1 Å². The van der Waals surface area contributed by atoms with E-state index in [1.807, 2.05) is 60.7 Å². The van der Waals surface area contributed by atoms with Gasteiger partial charge in [-0.15, -0.1) is 10.2 Å². The molecule has 32 heavy (non-hydrogen) atoms. The van der Waals surface area contributed by atoms with Gasteiger partial charge in [-0.05, 0) is 12.1 Å². The van der Waals surface area contributed by atoms with Crippen molar-refractivity contribution < 1.29 is 13.9 Å². The number of benzene rings is 3. The van der Waals surface area contributed by atoms with Gasteiger partial charge in [0.05, 0.1) is 18.6 Å². The Morgan fingerprint density at radius 1 is 1.06 bits per heavy atom. The molecule has 5 rings (SSSR count). The monoisotopic (exact) mass is 445 g/mol. The average molecular weight is 446 g/mol. The van der Waals surface area contributed by atoms with Crippen molar-refractivity contribution in [2.24, 2.45) is 0 Å². The summed E-state index contributed by atoms with van der Waals surface area (Å²) in [6.45, 7) is 0. The number of fused-ring (bicyclic) bond motifs is 3. The van der Waals surface area contributed by atoms with Gasteiger partial charge in [-0.1, -0.05) is 60.3 Å². The summed E-state index contributed by atoms with van der Waals surface area (Å²) in [7, 11) is 1.57. The first-order valence-electron chi connectivity index (χ1n) is 9.82. The molecular formula is C23H19N5O3S. The fourth-order valence-corrected chi connectivity index (χ4v) is 4.15. The summed E-state index contributed by atoms with van der Waals surface area (Å²) in [6, 6.07) is 20.9. The highest BCUT2D eigenvalue weighted by atomic mass is 32.2. The molecule has 0 saturated carbocycles. The molecule has 0 aliphatic heterocycles. The summed E-state index contributed by atoms with van der Waals surface area (Å²) in [4.78, 5) is 12.6. The molecule has 0 aliphatic carbocycles. The SMILES string of the molecule is COc1cc2c(cc1NC(=O)CSc1nnc(-c3ccccc3)n1N)oc1ccccc12. The lowest BCUT2D eigenvalue weighted by Crippen LogP contribution is -2.16. The van der Waals surface area contributed by atoms with E-state index in [4.69, 9.17) is 15.0 Å². The minimum atomic E-state index is -0.229. The number of carbonyl (C=O) groups excluding carboxylic acids is 1. The number of nitrogens with two attached hydrogens (primary N) is 1. The summed E-state index contributed by atoms with van der Waals surface area (Å²) in [5.41, 5.74) is 2.83. The van der Waals surface area contributed by atoms with Crippen LogP contribution in [0.15, 0.2) is 76.3 Å². The maximum atomic E-state index is 12.6. The van der Waals surface area contributed by atoms with Gasteiger partial charge in [0, 0.05) is 22.4 Å². The number of ether oxygens (including phenoxy) is 1. The summed E-state index contributed by atoms with van der Waals surface area (Å²) < 4.78 is 12.8. The molecular weight excluding hydrogens is 426 g/mol. The third-order valence-corrected chi connectivity index (χ3v) is 5.94. The minimum absolute atomic E-state index is 0.103. The van der Waals surface area contributed by atoms with Crippen LogP contribution in [0.25, 0.3) is 33.3 Å². The van der Waals surface area contributed by atoms with Gasteiger partial charge in [0.1, 0.15) is 16.9 Å². The normalized spacial score (nSPS) is 11.2. The van der Waals surface area contributed by atoms with E-state index in [-0.39, 0.29) is 11.7 Å². The summed E-state index contributed by atoms with van der Waals surface area (Å²) in [5.74, 6) is 7.08. The van der Waals surface area contributed by atoms with Crippen LogP contribution in [0.4, 0.5) is 5.69 Å². The number of amides is 1. The topological polar surface area (TPSA) is 108 Å². The Kier molecular flexibility index (Phi) is 5.16. The maximum Gasteiger partial charge on any atom is 0.234 e. The van der Waals surface area contributed by atoms with Crippen molar-refractivity contribution >= 4 is 45.3 Å². The number of nitrogens with one attached hydrogen (secondary N) is 1. The van der Waals surface area contributed by atoms with Gasteiger partial charge in [0.15, 0.2) is 5.82 Å². The van der Waals surface area contributed by atoms with Gasteiger partial charge in [0.25, 0.3) is 0 Å². The molecule has 2 heterocycles. The number of rotatable bonds is 6. The average Bonchev–Trinajstić information content (AvgIpc) is 3.37. The molecule has 160 valence electrons. The molecule has 8 nitrogen and oxygen atoms in total. The Morgan fingerprint density at radius 3 is 2.66 bits per heavy atom. The molecule has 0 saturated heterocycles. The number of nitrogens with zero attached hydrogens (tertiary/aromatic N) is 3. The van der Waals surface area contributed by atoms with E-state index in [0.29, 0.717) is 28.0 Å². The van der Waals surface area contributed by atoms with Crippen LogP contribution in [-0.2, 0) is 4.79 Å². The zero-order chi connectivity index (χ0) is 22.1. The number of para-hydroxylation sites is 1. The lowest BCUT2D eigenvalue weighted by Gasteiger charge is -2.10. The van der Waals surface area contributed by atoms with E-state index < -0.39 is 0 Å². The molecule has 0 spiro atoms. The van der Waals surface area contributed by atoms with E-state index in [1.54, 1.807) is 13.2 Å². The Bertz CT molecular complexity index is 1430. The predicted octanol–water partition coefficient (Wildman–Crippen LogP) is 4.30. The summed E-state index contributed by atoms with van der Waals surface area (Å²) in [6.07, 6.45) is 0. The van der Waals surface area contributed by atoms with E-state index in [1.165, 1.54) is 16.4 Å². The van der Waals surface area contributed by atoms with Gasteiger partial charge in [-0.3, -0.25) is 4.79 Å². The molecule has 1 amide bonds. The molecule has 0 radical (unpaired) electrons. The highest BCUT2D eigenvalue weighted by Gasteiger charge is 2.16. The first-order chi connectivity index (χ1) is 15.6. The zero-order valence-corrected chi connectivity index (χ0v) is 17.9. The third-order valence-electron chi connectivity index (χ3n) is 5.00. The van der Waals surface area contributed by atoms with E-state index >= 15 is 0 Å². The summed E-state index contributed by atoms with van der Waals surface area (Å²) >= 11 is 1.20. The van der Waals surface area contributed by atoms with Crippen LogP contribution in [0, 0.1) is 0 Å². The van der Waals surface area contributed by atoms with Crippen molar-refractivity contribution in [3.05, 3.63) is 66.7 Å². The molecule has 3 N–H and O–H groups in total. The van der Waals surface area contributed by atoms with Crippen molar-refractivity contribution in [1.82, 2.24) is 14.9 Å². The number of thioether (sulfide) groups is 1. The first-order valence-corrected chi connectivity index (χ1v) is 10.8. The molecule has 0 aliphatic rings. The zero-order valence-electron chi connectivity index (χ0n) is 17.1. The van der Waals surface area contributed by atoms with E-state index in [2.05, 4.69) is 15.5 Å². The van der Waals surface area contributed by atoms with Gasteiger partial charge < -0.3 is 20.3 Å². The van der Waals surface area contributed by atoms with Crippen molar-refractivity contribution in [1.29, 1.82) is 0 Å². The number of carbonyl (C=O) groups is 1. The highest BCUT2D eigenvalue weighted by Crippen LogP contribution is 2.36. The van der Waals surface area contributed by atoms with Crippen LogP contribution in [0.3, 0.4) is 0 Å². The van der Waals surface area contributed by atoms with Crippen LogP contribution in [0.5, 0.6) is 5.75 Å². The molecule has 3 aromatic carbocycles. The number of hydrogen-bond donors (Lipinski definition) is 2. The highest BCUT2D eigenvalue weighted by molar-refractivity contribution is 7.99. The Hall–Kier alpha value is -3.98. The molecule has 0 atom stereocenters. The largest absolute Gasteiger partial charge is 0.495 e. The fourth-order valence-electron chi connectivity index (χ4n) is 3.49. The fraction of sp³-hybridized carbons (Fsp3) is 0.0870. The van der Waals surface area contributed by atoms with Gasteiger partial charge in [-0.2, -0.15) is 0 Å². The molecule has 5 aromatic rings. The first kappa shape index (κ1) is 20.0. The second kappa shape index (κ2) is 8.27. The second-order valence-corrected chi connectivity index (χ2v) is 7.97. The molecule has 9 heteroatoms. The van der Waals surface area contributed by atoms with E-state index in [0.717, 1.165) is 21.9 Å². The van der Waals surface area contributed by atoms with Crippen LogP contribution >= 0.6 is 11.8 Å². The second-order valence-electron chi connectivity index (χ2n) is 7.03. The molecule has 2 aromatic heterocycles. The molecule has 0 fully saturated rings. The maximum absolute atomic E-state index is 12.6. The Labute approximate surface area is 187 Å². The lowest BCUT2D eigenvalue weighted by molar-refractivity contribution is -0.113. The quantitative estimate of drug-likeness (QED) is 0.296. The van der Waals surface area contributed by atoms with Crippen molar-refractivity contribution in [3.63, 3.8) is 0 Å². The standard InChI is InChI=1S/C23H19N5O3S/c1-30-20-11-16-15-9-5-6-10-18(15)31-19(16)12-17(20)25-21(29)13-32-23-27-26-22(28(23)24)14-7-3-2-4-8-14/h2-12H,13,24H2,1H3,(H,25,29). The van der Waals surface area contributed by atoms with Crippen molar-refractivity contribution in [2.75, 3.05) is 24.0 Å². The van der Waals surface area contributed by atoms with Crippen LogP contribution < -0.4 is 15.9 Å². The number of nitrogen functional groups attached to an aromatic ring is 1. The molecule has 0 unspecified atom stereocenters. The van der Waals surface area contributed by atoms with Gasteiger partial charge in [-0.25, -0.2) is 4.68 Å². The number of furan rings is 1. The summed E-state index contributed by atoms with van der Waals surface area (Å²) in [5, 5.41) is 13.5. The van der Waals surface area contributed by atoms with Crippen molar-refractivity contribution in [2.45, 2.75) is 5.16 Å². The smallest absolute Gasteiger partial charge is 0.234 e. The third kappa shape index (κ3) is 3.63. The molecule has 0 bridgehead atoms. The number of aromatic nitrogens is 3. The number of anilines is 1. The van der Waals surface area contributed by atoms with Crippen LogP contribution in [-0.4, -0.2) is 33.6 Å². The number of hydrogen-bond acceptors (Lipinski definition) is 7. The number of methoxy groups -OCH3 is 1. The van der Waals surface area contributed by atoms with Gasteiger partial charge >= 0.3 is 0 Å². The Balaban J connectivity index is 1.33. The van der Waals surface area contributed by atoms with Crippen LogP contribution in [0.1, 0.15) is 0 Å². The predicted molar refractivity (Wildman–Crippen MR) is 125 cm³/mol. The minimum Gasteiger partial charge on any atom is -0.495 e. The van der Waals surface area contributed by atoms with Crippen LogP contribution in [0.2, 0.25) is 0 Å². The Morgan fingerprint density at radius 2 is 1.84 bits per heavy atom. The van der Waals surface area contributed by atoms with E-state index in [9.17, 15) is 4.79 Å². The van der Waals surface area contributed by atoms with Crippen molar-refractivity contribution in [3.8, 4) is 17.1 Å².